The van der Waals surface area contributed by atoms with Crippen molar-refractivity contribution in [2.45, 2.75) is 6.92 Å². The standard InChI is InChI=1S/C55H40Br2/c1-3-5-17-38(4-2)44-24-15-26-46(36-44)54-50(40-20-11-7-12-21-40)51(41-22-13-8-14-23-41)55(47-27-16-25-45(37-47)39-18-9-6-10-19-39)53(43-30-34-49(57)35-31-43)52(54)42-28-32-48(56)33-29-42/h3-37H,2H2,1H3/b5-3-,38-17+. The summed E-state index contributed by atoms with van der Waals surface area (Å²) >= 11 is 7.51. The molecule has 0 aromatic heterocycles. The average Bonchev–Trinajstić information content (AvgIpc) is 3.27. The van der Waals surface area contributed by atoms with Crippen LogP contribution in [0.1, 0.15) is 12.5 Å². The van der Waals surface area contributed by atoms with E-state index in [2.05, 4.69) is 245 Å². The van der Waals surface area contributed by atoms with Gasteiger partial charge in [-0.05, 0) is 132 Å². The van der Waals surface area contributed by atoms with Crippen LogP contribution in [0.4, 0.5) is 0 Å². The summed E-state index contributed by atoms with van der Waals surface area (Å²) in [5, 5.41) is 0. The van der Waals surface area contributed by atoms with Crippen LogP contribution >= 0.6 is 31.9 Å². The molecule has 2 heteroatoms. The van der Waals surface area contributed by atoms with Crippen LogP contribution in [0.3, 0.4) is 0 Å². The number of benzene rings is 8. The molecule has 8 aromatic carbocycles. The molecule has 0 N–H and O–H groups in total. The molecule has 0 amide bonds. The highest BCUT2D eigenvalue weighted by atomic mass is 79.9. The third-order valence-electron chi connectivity index (χ3n) is 10.3. The molecule has 0 radical (unpaired) electrons. The number of hydrogen-bond donors (Lipinski definition) is 0. The van der Waals surface area contributed by atoms with Crippen molar-refractivity contribution in [1.29, 1.82) is 0 Å². The Morgan fingerprint density at radius 3 is 1.21 bits per heavy atom. The Morgan fingerprint density at radius 2 is 0.754 bits per heavy atom. The van der Waals surface area contributed by atoms with Crippen LogP contribution < -0.4 is 0 Å². The van der Waals surface area contributed by atoms with Gasteiger partial charge in [0.1, 0.15) is 0 Å². The van der Waals surface area contributed by atoms with E-state index in [1.54, 1.807) is 0 Å². The molecule has 0 aliphatic carbocycles. The maximum Gasteiger partial charge on any atom is 0.0175 e. The Hall–Kier alpha value is -6.06. The van der Waals surface area contributed by atoms with E-state index in [0.29, 0.717) is 0 Å². The van der Waals surface area contributed by atoms with Gasteiger partial charge in [-0.15, -0.1) is 0 Å². The van der Waals surface area contributed by atoms with Crippen LogP contribution in [-0.4, -0.2) is 0 Å². The summed E-state index contributed by atoms with van der Waals surface area (Å²) in [5.41, 5.74) is 18.4. The quantitative estimate of drug-likeness (QED) is 0.120. The Labute approximate surface area is 353 Å². The lowest BCUT2D eigenvalue weighted by molar-refractivity contribution is 1.50. The molecule has 0 heterocycles. The van der Waals surface area contributed by atoms with Gasteiger partial charge < -0.3 is 0 Å². The van der Waals surface area contributed by atoms with E-state index >= 15 is 0 Å². The zero-order valence-corrected chi connectivity index (χ0v) is 34.8. The molecule has 0 unspecified atom stereocenters. The van der Waals surface area contributed by atoms with E-state index in [1.807, 2.05) is 13.0 Å². The fraction of sp³-hybridized carbons (Fsp3) is 0.0182. The van der Waals surface area contributed by atoms with Crippen molar-refractivity contribution in [2.24, 2.45) is 0 Å². The fourth-order valence-electron chi connectivity index (χ4n) is 7.75. The molecule has 0 bridgehead atoms. The Balaban J connectivity index is 1.64. The minimum atomic E-state index is 1.03. The largest absolute Gasteiger partial charge is 0.0984 e. The topological polar surface area (TPSA) is 0 Å². The Kier molecular flexibility index (Phi) is 11.5. The summed E-state index contributed by atoms with van der Waals surface area (Å²) in [6.07, 6.45) is 8.20. The molecule has 0 saturated carbocycles. The van der Waals surface area contributed by atoms with Crippen LogP contribution in [0.25, 0.3) is 83.5 Å². The smallest absolute Gasteiger partial charge is 0.0175 e. The predicted molar refractivity (Wildman–Crippen MR) is 253 cm³/mol. The Morgan fingerprint density at radius 1 is 0.386 bits per heavy atom. The molecule has 8 aromatic rings. The molecule has 274 valence electrons. The van der Waals surface area contributed by atoms with Gasteiger partial charge >= 0.3 is 0 Å². The molecule has 0 nitrogen and oxygen atoms in total. The lowest BCUT2D eigenvalue weighted by atomic mass is 9.74. The molecular formula is C55H40Br2. The van der Waals surface area contributed by atoms with Gasteiger partial charge in [-0.2, -0.15) is 0 Å². The second-order valence-electron chi connectivity index (χ2n) is 13.9. The molecule has 0 atom stereocenters. The van der Waals surface area contributed by atoms with E-state index in [0.717, 1.165) is 53.5 Å². The third-order valence-corrected chi connectivity index (χ3v) is 11.4. The second-order valence-corrected chi connectivity index (χ2v) is 15.7. The number of allylic oxidation sites excluding steroid dienone is 5. The monoisotopic (exact) mass is 858 g/mol. The zero-order valence-electron chi connectivity index (χ0n) is 31.7. The summed E-state index contributed by atoms with van der Waals surface area (Å²) in [6.45, 7) is 6.25. The van der Waals surface area contributed by atoms with Gasteiger partial charge in [0, 0.05) is 8.95 Å². The van der Waals surface area contributed by atoms with Crippen molar-refractivity contribution in [3.8, 4) is 77.9 Å². The highest BCUT2D eigenvalue weighted by Gasteiger charge is 2.29. The molecule has 0 fully saturated rings. The Bertz CT molecular complexity index is 2720. The van der Waals surface area contributed by atoms with E-state index in [1.165, 1.54) is 44.5 Å². The molecule has 0 spiro atoms. The van der Waals surface area contributed by atoms with Crippen molar-refractivity contribution >= 4 is 37.4 Å². The summed E-state index contributed by atoms with van der Waals surface area (Å²) < 4.78 is 2.07. The first kappa shape index (κ1) is 37.8. The van der Waals surface area contributed by atoms with Crippen LogP contribution in [0.2, 0.25) is 0 Å². The molecule has 0 aliphatic heterocycles. The summed E-state index contributed by atoms with van der Waals surface area (Å²) in [5.74, 6) is 0. The van der Waals surface area contributed by atoms with Gasteiger partial charge in [-0.25, -0.2) is 0 Å². The number of hydrogen-bond acceptors (Lipinski definition) is 0. The first-order valence-electron chi connectivity index (χ1n) is 19.1. The van der Waals surface area contributed by atoms with Crippen molar-refractivity contribution in [3.05, 3.63) is 233 Å². The van der Waals surface area contributed by atoms with Crippen molar-refractivity contribution in [3.63, 3.8) is 0 Å². The van der Waals surface area contributed by atoms with Gasteiger partial charge in [0.05, 0.1) is 0 Å². The van der Waals surface area contributed by atoms with Crippen LogP contribution in [0.15, 0.2) is 228 Å². The molecule has 0 aliphatic rings. The lowest BCUT2D eigenvalue weighted by Gasteiger charge is -2.29. The molecule has 8 rings (SSSR count). The second kappa shape index (κ2) is 17.4. The minimum Gasteiger partial charge on any atom is -0.0984 e. The average molecular weight is 861 g/mol. The maximum absolute atomic E-state index is 4.21. The van der Waals surface area contributed by atoms with Gasteiger partial charge in [-0.3, -0.25) is 0 Å². The predicted octanol–water partition coefficient (Wildman–Crippen LogP) is 17.0. The van der Waals surface area contributed by atoms with Gasteiger partial charge in [-0.1, -0.05) is 214 Å². The van der Waals surface area contributed by atoms with Gasteiger partial charge in [0.15, 0.2) is 0 Å². The fourth-order valence-corrected chi connectivity index (χ4v) is 8.27. The highest BCUT2D eigenvalue weighted by molar-refractivity contribution is 9.10. The summed E-state index contributed by atoms with van der Waals surface area (Å²) in [7, 11) is 0. The summed E-state index contributed by atoms with van der Waals surface area (Å²) in [4.78, 5) is 0. The van der Waals surface area contributed by atoms with Gasteiger partial charge in [0.25, 0.3) is 0 Å². The molecular weight excluding hydrogens is 820 g/mol. The van der Waals surface area contributed by atoms with E-state index in [-0.39, 0.29) is 0 Å². The minimum absolute atomic E-state index is 1.03. The van der Waals surface area contributed by atoms with Crippen molar-refractivity contribution in [1.82, 2.24) is 0 Å². The highest BCUT2D eigenvalue weighted by Crippen LogP contribution is 2.56. The van der Waals surface area contributed by atoms with Crippen molar-refractivity contribution < 1.29 is 0 Å². The summed E-state index contributed by atoms with van der Waals surface area (Å²) in [6, 6.07) is 68.1. The molecule has 0 saturated heterocycles. The van der Waals surface area contributed by atoms with Crippen LogP contribution in [-0.2, 0) is 0 Å². The third kappa shape index (κ3) is 7.98. The van der Waals surface area contributed by atoms with Gasteiger partial charge in [0.2, 0.25) is 0 Å². The van der Waals surface area contributed by atoms with E-state index in [9.17, 15) is 0 Å². The van der Waals surface area contributed by atoms with Crippen molar-refractivity contribution in [2.75, 3.05) is 0 Å². The van der Waals surface area contributed by atoms with E-state index in [4.69, 9.17) is 0 Å². The van der Waals surface area contributed by atoms with Crippen LogP contribution in [0, 0.1) is 0 Å². The zero-order chi connectivity index (χ0) is 39.1. The SMILES string of the molecule is C=C/C(=C\C=C/C)c1cccc(-c2c(-c3ccccc3)c(-c3ccccc3)c(-c3cccc(-c4ccccc4)c3)c(-c3ccc(Br)cc3)c2-c2ccc(Br)cc2)c1. The molecule has 57 heavy (non-hydrogen) atoms. The lowest BCUT2D eigenvalue weighted by Crippen LogP contribution is -2.02. The first-order chi connectivity index (χ1) is 28.0. The number of rotatable bonds is 10. The maximum atomic E-state index is 4.21. The van der Waals surface area contributed by atoms with Crippen LogP contribution in [0.5, 0.6) is 0 Å². The normalized spacial score (nSPS) is 11.5. The number of halogens is 2. The van der Waals surface area contributed by atoms with E-state index < -0.39 is 0 Å². The first-order valence-corrected chi connectivity index (χ1v) is 20.7.